The van der Waals surface area contributed by atoms with Crippen molar-refractivity contribution in [3.05, 3.63) is 0 Å². The van der Waals surface area contributed by atoms with Crippen molar-refractivity contribution in [1.29, 1.82) is 0 Å². The van der Waals surface area contributed by atoms with E-state index in [0.717, 1.165) is 0 Å². The molecule has 0 bridgehead atoms. The van der Waals surface area contributed by atoms with Crippen LogP contribution in [0.15, 0.2) is 0 Å². The van der Waals surface area contributed by atoms with Crippen LogP contribution in [0.1, 0.15) is 6.42 Å². The molecular weight excluding hydrogens is 266 g/mol. The number of likely N-dealkylation sites (tertiary alicyclic amines) is 1. The molecule has 0 radical (unpaired) electrons. The van der Waals surface area contributed by atoms with Crippen LogP contribution in [0.5, 0.6) is 0 Å². The summed E-state index contributed by atoms with van der Waals surface area (Å²) < 4.78 is 5.13. The number of aliphatic carboxylic acids is 1. The van der Waals surface area contributed by atoms with Gasteiger partial charge in [-0.2, -0.15) is 0 Å². The van der Waals surface area contributed by atoms with Gasteiger partial charge in [0.2, 0.25) is 5.91 Å². The van der Waals surface area contributed by atoms with E-state index in [1.165, 1.54) is 11.9 Å². The molecule has 0 aliphatic carbocycles. The summed E-state index contributed by atoms with van der Waals surface area (Å²) in [5.74, 6) is -1.83. The predicted molar refractivity (Wildman–Crippen MR) is 68.1 cm³/mol. The molecule has 3 amide bonds. The van der Waals surface area contributed by atoms with Gasteiger partial charge in [-0.25, -0.2) is 4.79 Å². The van der Waals surface area contributed by atoms with Crippen molar-refractivity contribution >= 4 is 17.9 Å². The minimum absolute atomic E-state index is 0.0999. The first-order valence-corrected chi connectivity index (χ1v) is 6.50. The van der Waals surface area contributed by atoms with Crippen molar-refractivity contribution in [1.82, 2.24) is 15.1 Å². The first kappa shape index (κ1) is 14.6. The second-order valence-corrected chi connectivity index (χ2v) is 5.21. The third-order valence-corrected chi connectivity index (χ3v) is 3.91. The molecule has 2 aliphatic heterocycles. The largest absolute Gasteiger partial charge is 0.481 e. The monoisotopic (exact) mass is 285 g/mol. The van der Waals surface area contributed by atoms with E-state index in [1.807, 2.05) is 0 Å². The lowest BCUT2D eigenvalue weighted by Crippen LogP contribution is -2.52. The number of hydrogen-bond acceptors (Lipinski definition) is 4. The van der Waals surface area contributed by atoms with E-state index in [2.05, 4.69) is 5.32 Å². The van der Waals surface area contributed by atoms with Gasteiger partial charge >= 0.3 is 12.0 Å². The Morgan fingerprint density at radius 1 is 1.45 bits per heavy atom. The minimum Gasteiger partial charge on any atom is -0.481 e. The fraction of sp³-hybridized carbons (Fsp3) is 0.750. The van der Waals surface area contributed by atoms with Crippen LogP contribution in [0, 0.1) is 5.92 Å². The molecule has 2 aliphatic rings. The van der Waals surface area contributed by atoms with Gasteiger partial charge in [0.25, 0.3) is 0 Å². The maximum atomic E-state index is 12.1. The van der Waals surface area contributed by atoms with Gasteiger partial charge in [-0.05, 0) is 6.42 Å². The van der Waals surface area contributed by atoms with Gasteiger partial charge < -0.3 is 25.0 Å². The standard InChI is InChI=1S/C12H19N3O5/c1-14-4-3-8(10(14)16)13-12(19)15(2)9-6-20-5-7(9)11(17)18/h7-9H,3-6H2,1-2H3,(H,13,19)(H,17,18). The van der Waals surface area contributed by atoms with Gasteiger partial charge in [-0.1, -0.05) is 0 Å². The lowest BCUT2D eigenvalue weighted by molar-refractivity contribution is -0.142. The van der Waals surface area contributed by atoms with Crippen molar-refractivity contribution in [2.24, 2.45) is 5.92 Å². The molecule has 0 saturated carbocycles. The Hall–Kier alpha value is -1.83. The predicted octanol–water partition coefficient (Wildman–Crippen LogP) is -1.04. The zero-order chi connectivity index (χ0) is 14.9. The molecule has 2 saturated heterocycles. The van der Waals surface area contributed by atoms with E-state index < -0.39 is 30.0 Å². The van der Waals surface area contributed by atoms with E-state index in [0.29, 0.717) is 13.0 Å². The van der Waals surface area contributed by atoms with Crippen LogP contribution in [-0.2, 0) is 14.3 Å². The highest BCUT2D eigenvalue weighted by atomic mass is 16.5. The van der Waals surface area contributed by atoms with E-state index in [1.54, 1.807) is 11.9 Å². The maximum absolute atomic E-state index is 12.1. The zero-order valence-corrected chi connectivity index (χ0v) is 11.5. The van der Waals surface area contributed by atoms with Crippen LogP contribution in [0.3, 0.4) is 0 Å². The third kappa shape index (κ3) is 2.69. The maximum Gasteiger partial charge on any atom is 0.318 e. The van der Waals surface area contributed by atoms with E-state index in [-0.39, 0.29) is 19.1 Å². The molecule has 3 unspecified atom stereocenters. The fourth-order valence-electron chi connectivity index (χ4n) is 2.52. The average molecular weight is 285 g/mol. The number of nitrogens with zero attached hydrogens (tertiary/aromatic N) is 2. The summed E-state index contributed by atoms with van der Waals surface area (Å²) in [4.78, 5) is 37.8. The summed E-state index contributed by atoms with van der Waals surface area (Å²) in [6.45, 7) is 0.903. The first-order chi connectivity index (χ1) is 9.41. The molecule has 2 rings (SSSR count). The SMILES string of the molecule is CN1CCC(NC(=O)N(C)C2COCC2C(=O)O)C1=O. The first-order valence-electron chi connectivity index (χ1n) is 6.50. The summed E-state index contributed by atoms with van der Waals surface area (Å²) in [5, 5.41) is 11.7. The molecule has 8 heteroatoms. The average Bonchev–Trinajstić information content (AvgIpc) is 3.00. The topological polar surface area (TPSA) is 99.2 Å². The molecule has 0 aromatic heterocycles. The Morgan fingerprint density at radius 2 is 2.15 bits per heavy atom. The highest BCUT2D eigenvalue weighted by Gasteiger charge is 2.39. The molecule has 3 atom stereocenters. The molecule has 8 nitrogen and oxygen atoms in total. The molecule has 0 spiro atoms. The van der Waals surface area contributed by atoms with Gasteiger partial charge in [0.1, 0.15) is 12.0 Å². The minimum atomic E-state index is -0.983. The normalized spacial score (nSPS) is 29.6. The lowest BCUT2D eigenvalue weighted by atomic mass is 10.0. The number of hydrogen-bond donors (Lipinski definition) is 2. The fourth-order valence-corrected chi connectivity index (χ4v) is 2.52. The van der Waals surface area contributed by atoms with Crippen molar-refractivity contribution < 1.29 is 24.2 Å². The number of amides is 3. The quantitative estimate of drug-likeness (QED) is 0.690. The van der Waals surface area contributed by atoms with Crippen LogP contribution >= 0.6 is 0 Å². The summed E-state index contributed by atoms with van der Waals surface area (Å²) in [5.41, 5.74) is 0. The van der Waals surface area contributed by atoms with E-state index in [9.17, 15) is 14.4 Å². The van der Waals surface area contributed by atoms with Gasteiger partial charge in [0.05, 0.1) is 19.3 Å². The van der Waals surface area contributed by atoms with Crippen LogP contribution < -0.4 is 5.32 Å². The number of carbonyl (C=O) groups excluding carboxylic acids is 2. The highest BCUT2D eigenvalue weighted by Crippen LogP contribution is 2.19. The lowest BCUT2D eigenvalue weighted by Gasteiger charge is -2.27. The Labute approximate surface area is 116 Å². The van der Waals surface area contributed by atoms with Gasteiger partial charge in [-0.3, -0.25) is 9.59 Å². The second-order valence-electron chi connectivity index (χ2n) is 5.21. The van der Waals surface area contributed by atoms with Crippen LogP contribution in [-0.4, -0.2) is 78.8 Å². The van der Waals surface area contributed by atoms with Crippen LogP contribution in [0.2, 0.25) is 0 Å². The number of carboxylic acid groups (broad SMARTS) is 1. The Kier molecular flexibility index (Phi) is 4.12. The molecular formula is C12H19N3O5. The van der Waals surface area contributed by atoms with Crippen molar-refractivity contribution in [2.45, 2.75) is 18.5 Å². The summed E-state index contributed by atoms with van der Waals surface area (Å²) in [6.07, 6.45) is 0.568. The summed E-state index contributed by atoms with van der Waals surface area (Å²) in [6, 6.07) is -1.48. The molecule has 2 N–H and O–H groups in total. The number of likely N-dealkylation sites (N-methyl/N-ethyl adjacent to an activating group) is 2. The number of carbonyl (C=O) groups is 3. The summed E-state index contributed by atoms with van der Waals surface area (Å²) >= 11 is 0. The summed E-state index contributed by atoms with van der Waals surface area (Å²) in [7, 11) is 3.21. The van der Waals surface area contributed by atoms with E-state index in [4.69, 9.17) is 9.84 Å². The number of urea groups is 1. The number of ether oxygens (including phenoxy) is 1. The molecule has 20 heavy (non-hydrogen) atoms. The van der Waals surface area contributed by atoms with Crippen molar-refractivity contribution in [3.8, 4) is 0 Å². The van der Waals surface area contributed by atoms with Gasteiger partial charge in [-0.15, -0.1) is 0 Å². The molecule has 0 aromatic rings. The Bertz CT molecular complexity index is 427. The third-order valence-electron chi connectivity index (χ3n) is 3.91. The molecule has 0 aromatic carbocycles. The van der Waals surface area contributed by atoms with Crippen LogP contribution in [0.4, 0.5) is 4.79 Å². The number of rotatable bonds is 3. The molecule has 2 fully saturated rings. The molecule has 2 heterocycles. The van der Waals surface area contributed by atoms with Gasteiger partial charge in [0.15, 0.2) is 0 Å². The van der Waals surface area contributed by atoms with Crippen molar-refractivity contribution in [3.63, 3.8) is 0 Å². The van der Waals surface area contributed by atoms with Crippen LogP contribution in [0.25, 0.3) is 0 Å². The van der Waals surface area contributed by atoms with Gasteiger partial charge in [0, 0.05) is 20.6 Å². The van der Waals surface area contributed by atoms with Crippen molar-refractivity contribution in [2.75, 3.05) is 33.9 Å². The second kappa shape index (κ2) is 5.66. The van der Waals surface area contributed by atoms with E-state index >= 15 is 0 Å². The highest BCUT2D eigenvalue weighted by molar-refractivity contribution is 5.88. The zero-order valence-electron chi connectivity index (χ0n) is 11.5. The number of nitrogens with one attached hydrogen (secondary N) is 1. The Morgan fingerprint density at radius 3 is 2.70 bits per heavy atom. The smallest absolute Gasteiger partial charge is 0.318 e. The molecule has 112 valence electrons. The number of carboxylic acids is 1. The Balaban J connectivity index is 1.95.